The molecule has 0 unspecified atom stereocenters. The molecule has 0 N–H and O–H groups in total. The molecule has 138 valence electrons. The van der Waals surface area contributed by atoms with Crippen LogP contribution < -0.4 is 0 Å². The van der Waals surface area contributed by atoms with Gasteiger partial charge in [-0.1, -0.05) is 35.9 Å². The Balaban J connectivity index is 1.49. The number of aromatic nitrogens is 4. The molecule has 8 heteroatoms. The van der Waals surface area contributed by atoms with Crippen molar-refractivity contribution in [3.05, 3.63) is 71.0 Å². The summed E-state index contributed by atoms with van der Waals surface area (Å²) in [7, 11) is 0. The van der Waals surface area contributed by atoms with Crippen LogP contribution >= 0.6 is 23.4 Å². The van der Waals surface area contributed by atoms with Crippen molar-refractivity contribution in [2.45, 2.75) is 11.7 Å². The standard InChI is InChI=1S/C19H18ClN5OS/c20-17-7-2-1-6-16(17)18-8-9-24(10-11-27-18)19(26)14-4-3-5-15(12-14)25-13-21-22-23-25/h1-7,12-13,18H,8-11H2/t18-/m1/s1. The zero-order valence-corrected chi connectivity index (χ0v) is 16.1. The van der Waals surface area contributed by atoms with E-state index in [9.17, 15) is 4.79 Å². The van der Waals surface area contributed by atoms with Gasteiger partial charge in [-0.15, -0.1) is 5.10 Å². The maximum absolute atomic E-state index is 13.0. The highest BCUT2D eigenvalue weighted by Crippen LogP contribution is 2.38. The maximum Gasteiger partial charge on any atom is 0.253 e. The van der Waals surface area contributed by atoms with E-state index >= 15 is 0 Å². The zero-order chi connectivity index (χ0) is 18.6. The average Bonchev–Trinajstić information content (AvgIpc) is 3.13. The first kappa shape index (κ1) is 18.0. The maximum atomic E-state index is 13.0. The molecule has 4 rings (SSSR count). The van der Waals surface area contributed by atoms with E-state index in [-0.39, 0.29) is 5.91 Å². The molecule has 1 aromatic heterocycles. The lowest BCUT2D eigenvalue weighted by Crippen LogP contribution is -2.33. The lowest BCUT2D eigenvalue weighted by Gasteiger charge is -2.21. The fourth-order valence-electron chi connectivity index (χ4n) is 3.20. The number of amides is 1. The van der Waals surface area contributed by atoms with Crippen LogP contribution in [0.1, 0.15) is 27.6 Å². The second kappa shape index (κ2) is 8.10. The van der Waals surface area contributed by atoms with Gasteiger partial charge in [-0.3, -0.25) is 4.79 Å². The third-order valence-electron chi connectivity index (χ3n) is 4.59. The predicted molar refractivity (Wildman–Crippen MR) is 106 cm³/mol. The van der Waals surface area contributed by atoms with Gasteiger partial charge in [0.2, 0.25) is 0 Å². The third kappa shape index (κ3) is 3.99. The highest BCUT2D eigenvalue weighted by molar-refractivity contribution is 7.99. The number of carbonyl (C=O) groups excluding carboxylic acids is 1. The fourth-order valence-corrected chi connectivity index (χ4v) is 4.80. The molecule has 1 aliphatic heterocycles. The van der Waals surface area contributed by atoms with Gasteiger partial charge in [-0.25, -0.2) is 4.68 Å². The van der Waals surface area contributed by atoms with Gasteiger partial charge in [0.1, 0.15) is 6.33 Å². The Hall–Kier alpha value is -2.38. The van der Waals surface area contributed by atoms with Crippen molar-refractivity contribution < 1.29 is 4.79 Å². The molecule has 0 saturated carbocycles. The molecule has 2 heterocycles. The van der Waals surface area contributed by atoms with E-state index in [1.165, 1.54) is 6.33 Å². The first-order valence-electron chi connectivity index (χ1n) is 8.71. The smallest absolute Gasteiger partial charge is 0.253 e. The first-order chi connectivity index (χ1) is 13.2. The molecule has 0 aliphatic carbocycles. The number of tetrazole rings is 1. The van der Waals surface area contributed by atoms with Crippen LogP contribution in [0.5, 0.6) is 0 Å². The Morgan fingerprint density at radius 3 is 2.85 bits per heavy atom. The summed E-state index contributed by atoms with van der Waals surface area (Å²) in [5.41, 5.74) is 2.56. The summed E-state index contributed by atoms with van der Waals surface area (Å²) in [4.78, 5) is 14.9. The van der Waals surface area contributed by atoms with Crippen LogP contribution in [-0.4, -0.2) is 49.9 Å². The van der Waals surface area contributed by atoms with Gasteiger partial charge in [0, 0.05) is 34.7 Å². The predicted octanol–water partition coefficient (Wildman–Crippen LogP) is 3.64. The Morgan fingerprint density at radius 2 is 2.04 bits per heavy atom. The van der Waals surface area contributed by atoms with E-state index in [4.69, 9.17) is 11.6 Å². The van der Waals surface area contributed by atoms with Gasteiger partial charge in [0.25, 0.3) is 5.91 Å². The second-order valence-electron chi connectivity index (χ2n) is 6.27. The van der Waals surface area contributed by atoms with Crippen molar-refractivity contribution in [3.8, 4) is 5.69 Å². The topological polar surface area (TPSA) is 63.9 Å². The van der Waals surface area contributed by atoms with Crippen LogP contribution in [0.4, 0.5) is 0 Å². The van der Waals surface area contributed by atoms with Gasteiger partial charge in [0.15, 0.2) is 0 Å². The van der Waals surface area contributed by atoms with Crippen molar-refractivity contribution in [2.75, 3.05) is 18.8 Å². The Labute approximate surface area is 166 Å². The van der Waals surface area contributed by atoms with Crippen molar-refractivity contribution in [1.29, 1.82) is 0 Å². The molecule has 3 aromatic rings. The van der Waals surface area contributed by atoms with E-state index in [2.05, 4.69) is 21.6 Å². The Morgan fingerprint density at radius 1 is 1.15 bits per heavy atom. The van der Waals surface area contributed by atoms with E-state index in [1.807, 2.05) is 59.1 Å². The van der Waals surface area contributed by atoms with Gasteiger partial charge in [-0.2, -0.15) is 11.8 Å². The number of hydrogen-bond acceptors (Lipinski definition) is 5. The molecule has 27 heavy (non-hydrogen) atoms. The summed E-state index contributed by atoms with van der Waals surface area (Å²) < 4.78 is 1.54. The molecule has 6 nitrogen and oxygen atoms in total. The van der Waals surface area contributed by atoms with Crippen LogP contribution in [0.25, 0.3) is 5.69 Å². The van der Waals surface area contributed by atoms with E-state index in [0.717, 1.165) is 35.0 Å². The highest BCUT2D eigenvalue weighted by Gasteiger charge is 2.24. The molecule has 0 radical (unpaired) electrons. The number of benzene rings is 2. The van der Waals surface area contributed by atoms with Crippen LogP contribution in [0.3, 0.4) is 0 Å². The summed E-state index contributed by atoms with van der Waals surface area (Å²) in [6.07, 6.45) is 2.40. The Bertz CT molecular complexity index is 933. The lowest BCUT2D eigenvalue weighted by atomic mass is 10.1. The summed E-state index contributed by atoms with van der Waals surface area (Å²) in [6.45, 7) is 1.43. The molecule has 1 fully saturated rings. The van der Waals surface area contributed by atoms with Crippen LogP contribution in [0, 0.1) is 0 Å². The van der Waals surface area contributed by atoms with E-state index < -0.39 is 0 Å². The van der Waals surface area contributed by atoms with Gasteiger partial charge >= 0.3 is 0 Å². The molecular formula is C19H18ClN5OS. The SMILES string of the molecule is O=C(c1cccc(-n2cnnn2)c1)N1CCS[C@@H](c2ccccc2Cl)CC1. The van der Waals surface area contributed by atoms with Crippen molar-refractivity contribution in [2.24, 2.45) is 0 Å². The Kier molecular flexibility index (Phi) is 5.40. The lowest BCUT2D eigenvalue weighted by molar-refractivity contribution is 0.0766. The minimum atomic E-state index is 0.0327. The summed E-state index contributed by atoms with van der Waals surface area (Å²) in [5.74, 6) is 0.916. The number of carbonyl (C=O) groups is 1. The van der Waals surface area contributed by atoms with Crippen molar-refractivity contribution in [3.63, 3.8) is 0 Å². The zero-order valence-electron chi connectivity index (χ0n) is 14.5. The summed E-state index contributed by atoms with van der Waals surface area (Å²) in [5, 5.41) is 12.3. The van der Waals surface area contributed by atoms with Crippen LogP contribution in [0.2, 0.25) is 5.02 Å². The number of rotatable bonds is 3. The molecule has 2 aromatic carbocycles. The number of hydrogen-bond donors (Lipinski definition) is 0. The number of nitrogens with zero attached hydrogens (tertiary/aromatic N) is 5. The fraction of sp³-hybridized carbons (Fsp3) is 0.263. The van der Waals surface area contributed by atoms with Crippen LogP contribution in [0.15, 0.2) is 54.9 Å². The quantitative estimate of drug-likeness (QED) is 0.672. The second-order valence-corrected chi connectivity index (χ2v) is 7.98. The monoisotopic (exact) mass is 399 g/mol. The largest absolute Gasteiger partial charge is 0.338 e. The van der Waals surface area contributed by atoms with Crippen LogP contribution in [-0.2, 0) is 0 Å². The minimum Gasteiger partial charge on any atom is -0.338 e. The average molecular weight is 400 g/mol. The van der Waals surface area contributed by atoms with Crippen molar-refractivity contribution in [1.82, 2.24) is 25.1 Å². The molecule has 1 aliphatic rings. The molecule has 0 bridgehead atoms. The normalized spacial score (nSPS) is 17.5. The van der Waals surface area contributed by atoms with E-state index in [1.54, 1.807) is 4.68 Å². The first-order valence-corrected chi connectivity index (χ1v) is 10.1. The van der Waals surface area contributed by atoms with E-state index in [0.29, 0.717) is 17.4 Å². The molecule has 0 spiro atoms. The minimum absolute atomic E-state index is 0.0327. The van der Waals surface area contributed by atoms with Gasteiger partial charge < -0.3 is 4.90 Å². The molecule has 1 atom stereocenters. The van der Waals surface area contributed by atoms with Crippen molar-refractivity contribution >= 4 is 29.3 Å². The summed E-state index contributed by atoms with van der Waals surface area (Å²) in [6, 6.07) is 15.3. The molecular weight excluding hydrogens is 382 g/mol. The number of thioether (sulfide) groups is 1. The molecule has 1 amide bonds. The van der Waals surface area contributed by atoms with Gasteiger partial charge in [-0.05, 0) is 46.7 Å². The summed E-state index contributed by atoms with van der Waals surface area (Å²) >= 11 is 8.22. The van der Waals surface area contributed by atoms with Gasteiger partial charge in [0.05, 0.1) is 5.69 Å². The number of halogens is 1. The molecule has 1 saturated heterocycles. The highest BCUT2D eigenvalue weighted by atomic mass is 35.5. The third-order valence-corrected chi connectivity index (χ3v) is 6.24.